The molecule has 0 radical (unpaired) electrons. The Kier molecular flexibility index (Phi) is 9.07. The zero-order valence-corrected chi connectivity index (χ0v) is 15.5. The van der Waals surface area contributed by atoms with Gasteiger partial charge in [-0.2, -0.15) is 0 Å². The maximum atomic E-state index is 11.3. The van der Waals surface area contributed by atoms with Gasteiger partial charge in [-0.25, -0.2) is 5.90 Å². The summed E-state index contributed by atoms with van der Waals surface area (Å²) in [5.41, 5.74) is 1.89. The van der Waals surface area contributed by atoms with Gasteiger partial charge in [0.2, 0.25) is 0 Å². The van der Waals surface area contributed by atoms with Crippen molar-refractivity contribution in [3.05, 3.63) is 58.1 Å². The summed E-state index contributed by atoms with van der Waals surface area (Å²) in [6.45, 7) is 6.15. The standard InChI is InChI=1S/C16H20N4O4.C2H6/c1-11(24-17)18-10-12-3-8-15(16(9-12)20(21)22)19-13-4-6-14(23-2)7-5-13;1-2/h3-9,11,18-19H,10,17H2,1-2H3;1-2H3. The van der Waals surface area contributed by atoms with Crippen molar-refractivity contribution >= 4 is 17.1 Å². The van der Waals surface area contributed by atoms with Gasteiger partial charge < -0.3 is 10.1 Å². The minimum absolute atomic E-state index is 0.00793. The molecule has 2 aromatic rings. The molecule has 0 saturated heterocycles. The lowest BCUT2D eigenvalue weighted by Crippen LogP contribution is -2.30. The molecule has 0 aliphatic carbocycles. The second-order valence-corrected chi connectivity index (χ2v) is 5.12. The fourth-order valence-corrected chi connectivity index (χ4v) is 2.08. The number of nitro groups is 1. The molecule has 0 heterocycles. The molecule has 0 aliphatic heterocycles. The van der Waals surface area contributed by atoms with Crippen LogP contribution in [-0.4, -0.2) is 18.3 Å². The molecule has 0 spiro atoms. The molecule has 142 valence electrons. The van der Waals surface area contributed by atoms with E-state index in [1.165, 1.54) is 6.07 Å². The summed E-state index contributed by atoms with van der Waals surface area (Å²) < 4.78 is 5.09. The zero-order valence-electron chi connectivity index (χ0n) is 15.5. The fraction of sp³-hybridized carbons (Fsp3) is 0.333. The Bertz CT molecular complexity index is 692. The molecule has 0 fully saturated rings. The van der Waals surface area contributed by atoms with E-state index in [0.717, 1.165) is 11.3 Å². The van der Waals surface area contributed by atoms with Gasteiger partial charge in [-0.05, 0) is 42.8 Å². The van der Waals surface area contributed by atoms with Gasteiger partial charge in [0.05, 0.1) is 12.0 Å². The molecule has 0 bridgehead atoms. The number of benzene rings is 2. The minimum Gasteiger partial charge on any atom is -0.497 e. The molecule has 0 amide bonds. The van der Waals surface area contributed by atoms with Gasteiger partial charge in [-0.15, -0.1) is 0 Å². The number of nitro benzene ring substituents is 1. The molecule has 0 saturated carbocycles. The van der Waals surface area contributed by atoms with E-state index in [2.05, 4.69) is 15.5 Å². The van der Waals surface area contributed by atoms with Crippen LogP contribution in [0.1, 0.15) is 26.3 Å². The maximum absolute atomic E-state index is 11.3. The van der Waals surface area contributed by atoms with Crippen LogP contribution in [-0.2, 0) is 11.4 Å². The number of methoxy groups -OCH3 is 1. The van der Waals surface area contributed by atoms with Crippen LogP contribution in [0.5, 0.6) is 5.75 Å². The lowest BCUT2D eigenvalue weighted by atomic mass is 10.1. The molecular formula is C18H26N4O4. The predicted octanol–water partition coefficient (Wildman–Crippen LogP) is 3.70. The number of nitrogens with two attached hydrogens (primary N) is 1. The van der Waals surface area contributed by atoms with E-state index in [1.807, 2.05) is 13.8 Å². The van der Waals surface area contributed by atoms with E-state index >= 15 is 0 Å². The van der Waals surface area contributed by atoms with Crippen LogP contribution in [0.4, 0.5) is 17.1 Å². The molecular weight excluding hydrogens is 336 g/mol. The summed E-state index contributed by atoms with van der Waals surface area (Å²) in [5, 5.41) is 17.4. The number of hydrogen-bond acceptors (Lipinski definition) is 7. The summed E-state index contributed by atoms with van der Waals surface area (Å²) in [4.78, 5) is 15.5. The first-order valence-electron chi connectivity index (χ1n) is 8.31. The topological polar surface area (TPSA) is 112 Å². The van der Waals surface area contributed by atoms with Crippen LogP contribution in [0, 0.1) is 10.1 Å². The normalized spacial score (nSPS) is 11.1. The van der Waals surface area contributed by atoms with Crippen LogP contribution in [0.3, 0.4) is 0 Å². The minimum atomic E-state index is -0.418. The van der Waals surface area contributed by atoms with Crippen LogP contribution < -0.4 is 21.3 Å². The highest BCUT2D eigenvalue weighted by Crippen LogP contribution is 2.29. The van der Waals surface area contributed by atoms with Crippen LogP contribution in [0.2, 0.25) is 0 Å². The quantitative estimate of drug-likeness (QED) is 0.373. The highest BCUT2D eigenvalue weighted by Gasteiger charge is 2.15. The third-order valence-corrected chi connectivity index (χ3v) is 3.43. The van der Waals surface area contributed by atoms with Crippen molar-refractivity contribution in [1.29, 1.82) is 0 Å². The Morgan fingerprint density at radius 3 is 2.38 bits per heavy atom. The Labute approximate surface area is 153 Å². The second-order valence-electron chi connectivity index (χ2n) is 5.12. The van der Waals surface area contributed by atoms with Crippen molar-refractivity contribution in [3.8, 4) is 5.75 Å². The third kappa shape index (κ3) is 6.32. The first kappa shape index (κ1) is 21.4. The molecule has 2 aromatic carbocycles. The first-order chi connectivity index (χ1) is 12.5. The summed E-state index contributed by atoms with van der Waals surface area (Å²) in [6.07, 6.45) is -0.346. The number of nitrogens with zero attached hydrogens (tertiary/aromatic N) is 1. The number of rotatable bonds is 8. The van der Waals surface area contributed by atoms with Gasteiger partial charge in [0.25, 0.3) is 5.69 Å². The third-order valence-electron chi connectivity index (χ3n) is 3.43. The maximum Gasteiger partial charge on any atom is 0.292 e. The number of nitrogens with one attached hydrogen (secondary N) is 2. The average Bonchev–Trinajstić information content (AvgIpc) is 2.68. The second kappa shape index (κ2) is 11.0. The largest absolute Gasteiger partial charge is 0.497 e. The van der Waals surface area contributed by atoms with E-state index in [0.29, 0.717) is 18.0 Å². The highest BCUT2D eigenvalue weighted by atomic mass is 16.6. The Morgan fingerprint density at radius 1 is 1.19 bits per heavy atom. The summed E-state index contributed by atoms with van der Waals surface area (Å²) in [6, 6.07) is 12.1. The fourth-order valence-electron chi connectivity index (χ4n) is 2.08. The van der Waals surface area contributed by atoms with E-state index in [4.69, 9.17) is 10.6 Å². The van der Waals surface area contributed by atoms with Crippen molar-refractivity contribution < 1.29 is 14.5 Å². The summed E-state index contributed by atoms with van der Waals surface area (Å²) in [7, 11) is 1.58. The molecule has 4 N–H and O–H groups in total. The average molecular weight is 362 g/mol. The van der Waals surface area contributed by atoms with Crippen LogP contribution in [0.15, 0.2) is 42.5 Å². The zero-order chi connectivity index (χ0) is 19.5. The Morgan fingerprint density at radius 2 is 1.85 bits per heavy atom. The van der Waals surface area contributed by atoms with Gasteiger partial charge in [-0.1, -0.05) is 19.9 Å². The van der Waals surface area contributed by atoms with E-state index in [-0.39, 0.29) is 11.9 Å². The Hall–Kier alpha value is -2.68. The van der Waals surface area contributed by atoms with Gasteiger partial charge in [0.15, 0.2) is 0 Å². The molecule has 8 heteroatoms. The van der Waals surface area contributed by atoms with Crippen molar-refractivity contribution in [2.75, 3.05) is 12.4 Å². The van der Waals surface area contributed by atoms with Crippen LogP contribution >= 0.6 is 0 Å². The van der Waals surface area contributed by atoms with Gasteiger partial charge in [0, 0.05) is 18.3 Å². The lowest BCUT2D eigenvalue weighted by molar-refractivity contribution is -0.384. The Balaban J connectivity index is 0.00000163. The van der Waals surface area contributed by atoms with E-state index in [1.54, 1.807) is 50.4 Å². The van der Waals surface area contributed by atoms with Gasteiger partial charge >= 0.3 is 0 Å². The summed E-state index contributed by atoms with van der Waals surface area (Å²) >= 11 is 0. The van der Waals surface area contributed by atoms with Gasteiger partial charge in [0.1, 0.15) is 17.7 Å². The number of anilines is 2. The molecule has 26 heavy (non-hydrogen) atoms. The number of ether oxygens (including phenoxy) is 1. The SMILES string of the molecule is CC.COc1ccc(Nc2ccc(CNC(C)ON)cc2[N+](=O)[O-])cc1. The molecule has 1 unspecified atom stereocenters. The van der Waals surface area contributed by atoms with Crippen LogP contribution in [0.25, 0.3) is 0 Å². The van der Waals surface area contributed by atoms with Crippen molar-refractivity contribution in [2.24, 2.45) is 5.90 Å². The monoisotopic (exact) mass is 362 g/mol. The summed E-state index contributed by atoms with van der Waals surface area (Å²) in [5.74, 6) is 5.77. The first-order valence-corrected chi connectivity index (χ1v) is 8.31. The van der Waals surface area contributed by atoms with Crippen molar-refractivity contribution in [3.63, 3.8) is 0 Å². The number of hydrogen-bond donors (Lipinski definition) is 3. The molecule has 8 nitrogen and oxygen atoms in total. The molecule has 0 aromatic heterocycles. The predicted molar refractivity (Wildman–Crippen MR) is 102 cm³/mol. The van der Waals surface area contributed by atoms with Gasteiger partial charge in [-0.3, -0.25) is 20.3 Å². The van der Waals surface area contributed by atoms with E-state index < -0.39 is 4.92 Å². The highest BCUT2D eigenvalue weighted by molar-refractivity contribution is 5.70. The van der Waals surface area contributed by atoms with E-state index in [9.17, 15) is 10.1 Å². The molecule has 0 aliphatic rings. The van der Waals surface area contributed by atoms with Crippen molar-refractivity contribution in [2.45, 2.75) is 33.5 Å². The molecule has 1 atom stereocenters. The van der Waals surface area contributed by atoms with Crippen molar-refractivity contribution in [1.82, 2.24) is 5.32 Å². The smallest absolute Gasteiger partial charge is 0.292 e. The lowest BCUT2D eigenvalue weighted by Gasteiger charge is -2.12. The molecule has 2 rings (SSSR count).